The van der Waals surface area contributed by atoms with Crippen LogP contribution in [0.3, 0.4) is 0 Å². The lowest BCUT2D eigenvalue weighted by Crippen LogP contribution is -2.45. The number of carbonyl (C=O) groups excluding carboxylic acids is 2. The van der Waals surface area contributed by atoms with Gasteiger partial charge in [-0.25, -0.2) is 0 Å². The lowest BCUT2D eigenvalue weighted by Gasteiger charge is -2.29. The number of ketones is 1. The summed E-state index contributed by atoms with van der Waals surface area (Å²) in [6.45, 7) is 0. The number of carbonyl (C=O) groups is 3. The van der Waals surface area contributed by atoms with Crippen LogP contribution in [0.4, 0.5) is 0 Å². The zero-order chi connectivity index (χ0) is 12.6. The molecule has 2 fully saturated rings. The third-order valence-corrected chi connectivity index (χ3v) is 3.68. The molecule has 0 aromatic heterocycles. The Labute approximate surface area is 98.5 Å². The molecule has 94 valence electrons. The average molecular weight is 240 g/mol. The van der Waals surface area contributed by atoms with E-state index >= 15 is 0 Å². The number of carboxylic acids is 1. The zero-order valence-electron chi connectivity index (χ0n) is 9.39. The number of carboxylic acid groups (broad SMARTS) is 1. The van der Waals surface area contributed by atoms with Crippen LogP contribution >= 0.6 is 0 Å². The summed E-state index contributed by atoms with van der Waals surface area (Å²) < 4.78 is 0. The van der Waals surface area contributed by atoms with Crippen LogP contribution in [-0.4, -0.2) is 34.8 Å². The molecule has 2 rings (SSSR count). The predicted octanol–water partition coefficient (Wildman–Crippen LogP) is -0.728. The SMILES string of the molecule is N[C@@H]1CCC2CC1C(=O)N[C@@H](CC(=O)O)C2=O. The van der Waals surface area contributed by atoms with Crippen molar-refractivity contribution in [1.29, 1.82) is 0 Å². The molecule has 1 saturated carbocycles. The minimum Gasteiger partial charge on any atom is -0.481 e. The molecule has 0 aromatic rings. The predicted molar refractivity (Wildman–Crippen MR) is 58.0 cm³/mol. The summed E-state index contributed by atoms with van der Waals surface area (Å²) in [5, 5.41) is 11.2. The summed E-state index contributed by atoms with van der Waals surface area (Å²) in [6, 6.07) is -1.11. The summed E-state index contributed by atoms with van der Waals surface area (Å²) >= 11 is 0. The van der Waals surface area contributed by atoms with Crippen LogP contribution in [0, 0.1) is 11.8 Å². The largest absolute Gasteiger partial charge is 0.481 e. The maximum atomic E-state index is 12.0. The summed E-state index contributed by atoms with van der Waals surface area (Å²) in [4.78, 5) is 34.5. The van der Waals surface area contributed by atoms with Gasteiger partial charge < -0.3 is 16.2 Å². The second kappa shape index (κ2) is 4.44. The van der Waals surface area contributed by atoms with Crippen molar-refractivity contribution in [2.45, 2.75) is 37.8 Å². The number of fused-ring (bicyclic) bond motifs is 2. The molecule has 17 heavy (non-hydrogen) atoms. The number of rotatable bonds is 2. The third kappa shape index (κ3) is 2.31. The molecule has 2 bridgehead atoms. The van der Waals surface area contributed by atoms with Gasteiger partial charge in [-0.05, 0) is 19.3 Å². The van der Waals surface area contributed by atoms with Gasteiger partial charge in [0.2, 0.25) is 5.91 Å². The first-order valence-electron chi connectivity index (χ1n) is 5.80. The third-order valence-electron chi connectivity index (χ3n) is 3.68. The highest BCUT2D eigenvalue weighted by molar-refractivity contribution is 5.96. The smallest absolute Gasteiger partial charge is 0.305 e. The van der Waals surface area contributed by atoms with Crippen molar-refractivity contribution in [3.8, 4) is 0 Å². The second-order valence-corrected chi connectivity index (χ2v) is 4.84. The molecule has 0 aromatic carbocycles. The minimum atomic E-state index is -1.08. The van der Waals surface area contributed by atoms with Gasteiger partial charge in [-0.3, -0.25) is 14.4 Å². The minimum absolute atomic E-state index is 0.157. The van der Waals surface area contributed by atoms with Crippen molar-refractivity contribution in [1.82, 2.24) is 5.32 Å². The number of nitrogens with two attached hydrogens (primary N) is 1. The molecule has 0 radical (unpaired) electrons. The molecule has 1 saturated heterocycles. The van der Waals surface area contributed by atoms with E-state index in [9.17, 15) is 14.4 Å². The summed E-state index contributed by atoms with van der Waals surface area (Å²) in [6.07, 6.45) is 1.42. The van der Waals surface area contributed by atoms with E-state index in [2.05, 4.69) is 5.32 Å². The lowest BCUT2D eigenvalue weighted by atomic mass is 9.76. The lowest BCUT2D eigenvalue weighted by molar-refractivity contribution is -0.140. The molecule has 1 aliphatic carbocycles. The van der Waals surface area contributed by atoms with Crippen LogP contribution in [0.15, 0.2) is 0 Å². The van der Waals surface area contributed by atoms with E-state index in [0.29, 0.717) is 19.3 Å². The van der Waals surface area contributed by atoms with Gasteiger partial charge in [0.25, 0.3) is 0 Å². The van der Waals surface area contributed by atoms with E-state index in [1.54, 1.807) is 0 Å². The van der Waals surface area contributed by atoms with Crippen molar-refractivity contribution >= 4 is 17.7 Å². The van der Waals surface area contributed by atoms with Gasteiger partial charge >= 0.3 is 5.97 Å². The molecular formula is C11H16N2O4. The Hall–Kier alpha value is -1.43. The molecule has 2 aliphatic rings. The van der Waals surface area contributed by atoms with Gasteiger partial charge in [-0.2, -0.15) is 0 Å². The summed E-state index contributed by atoms with van der Waals surface area (Å²) in [5.41, 5.74) is 5.85. The average Bonchev–Trinajstić information content (AvgIpc) is 2.34. The molecule has 6 nitrogen and oxygen atoms in total. The molecule has 6 heteroatoms. The molecule has 4 N–H and O–H groups in total. The number of nitrogens with one attached hydrogen (secondary N) is 1. The molecule has 0 spiro atoms. The van der Waals surface area contributed by atoms with E-state index in [-0.39, 0.29) is 36.0 Å². The van der Waals surface area contributed by atoms with E-state index < -0.39 is 12.0 Å². The van der Waals surface area contributed by atoms with Crippen LogP contribution in [0.2, 0.25) is 0 Å². The highest BCUT2D eigenvalue weighted by Gasteiger charge is 2.43. The van der Waals surface area contributed by atoms with Gasteiger partial charge in [0.15, 0.2) is 5.78 Å². The fourth-order valence-corrected chi connectivity index (χ4v) is 2.71. The van der Waals surface area contributed by atoms with E-state index in [1.165, 1.54) is 0 Å². The summed E-state index contributed by atoms with van der Waals surface area (Å²) in [5.74, 6) is -2.08. The Morgan fingerprint density at radius 2 is 2.12 bits per heavy atom. The molecule has 1 aliphatic heterocycles. The van der Waals surface area contributed by atoms with Crippen molar-refractivity contribution in [3.63, 3.8) is 0 Å². The first-order chi connectivity index (χ1) is 7.99. The zero-order valence-corrected chi connectivity index (χ0v) is 9.39. The van der Waals surface area contributed by atoms with Crippen LogP contribution < -0.4 is 11.1 Å². The van der Waals surface area contributed by atoms with Gasteiger partial charge in [-0.1, -0.05) is 0 Å². The summed E-state index contributed by atoms with van der Waals surface area (Å²) in [7, 11) is 0. The van der Waals surface area contributed by atoms with Crippen LogP contribution in [0.1, 0.15) is 25.7 Å². The van der Waals surface area contributed by atoms with Gasteiger partial charge in [0, 0.05) is 12.0 Å². The monoisotopic (exact) mass is 240 g/mol. The first-order valence-corrected chi connectivity index (χ1v) is 5.80. The second-order valence-electron chi connectivity index (χ2n) is 4.84. The Kier molecular flexibility index (Phi) is 3.15. The molecular weight excluding hydrogens is 224 g/mol. The van der Waals surface area contributed by atoms with Crippen molar-refractivity contribution in [3.05, 3.63) is 0 Å². The number of amides is 1. The Morgan fingerprint density at radius 1 is 1.41 bits per heavy atom. The standard InChI is InChI=1S/C11H16N2O4/c12-7-2-1-5-3-6(7)11(17)13-8(10(5)16)4-9(14)15/h5-8H,1-4,12H2,(H,13,17)(H,14,15)/t5?,6?,7-,8+/m1/s1. The maximum absolute atomic E-state index is 12.0. The topological polar surface area (TPSA) is 109 Å². The fraction of sp³-hybridized carbons (Fsp3) is 0.727. The highest BCUT2D eigenvalue weighted by atomic mass is 16.4. The Morgan fingerprint density at radius 3 is 2.76 bits per heavy atom. The Balaban J connectivity index is 2.20. The number of Topliss-reactive ketones (excluding diaryl/α,β-unsaturated/α-hetero) is 1. The fourth-order valence-electron chi connectivity index (χ4n) is 2.71. The molecule has 1 amide bonds. The normalized spacial score (nSPS) is 37.2. The molecule has 1 heterocycles. The van der Waals surface area contributed by atoms with Crippen molar-refractivity contribution < 1.29 is 19.5 Å². The quantitative estimate of drug-likeness (QED) is 0.589. The van der Waals surface area contributed by atoms with Crippen LogP contribution in [0.5, 0.6) is 0 Å². The van der Waals surface area contributed by atoms with Crippen molar-refractivity contribution in [2.24, 2.45) is 17.6 Å². The van der Waals surface area contributed by atoms with Crippen LogP contribution in [-0.2, 0) is 14.4 Å². The van der Waals surface area contributed by atoms with Gasteiger partial charge in [0.05, 0.1) is 18.4 Å². The van der Waals surface area contributed by atoms with E-state index in [1.807, 2.05) is 0 Å². The first kappa shape index (κ1) is 12.0. The molecule has 2 unspecified atom stereocenters. The van der Waals surface area contributed by atoms with E-state index in [0.717, 1.165) is 0 Å². The van der Waals surface area contributed by atoms with Crippen LogP contribution in [0.25, 0.3) is 0 Å². The molecule has 4 atom stereocenters. The Bertz CT molecular complexity index is 368. The van der Waals surface area contributed by atoms with Crippen molar-refractivity contribution in [2.75, 3.05) is 0 Å². The van der Waals surface area contributed by atoms with Gasteiger partial charge in [0.1, 0.15) is 0 Å². The number of aliphatic carboxylic acids is 1. The van der Waals surface area contributed by atoms with Gasteiger partial charge in [-0.15, -0.1) is 0 Å². The maximum Gasteiger partial charge on any atom is 0.305 e. The van der Waals surface area contributed by atoms with E-state index in [4.69, 9.17) is 10.8 Å². The highest BCUT2D eigenvalue weighted by Crippen LogP contribution is 2.32. The number of hydrogen-bond donors (Lipinski definition) is 3. The number of hydrogen-bond acceptors (Lipinski definition) is 4.